The lowest BCUT2D eigenvalue weighted by molar-refractivity contribution is 0.0942. The summed E-state index contributed by atoms with van der Waals surface area (Å²) in [7, 11) is 0. The van der Waals surface area contributed by atoms with Crippen LogP contribution in [0.2, 0.25) is 0 Å². The van der Waals surface area contributed by atoms with Crippen molar-refractivity contribution in [3.05, 3.63) is 99.5 Å². The number of pyridine rings is 1. The normalized spacial score (nSPS) is 13.6. The molecule has 1 N–H and O–H groups in total. The number of carbonyl (C=O) groups excluding carboxylic acids is 1. The lowest BCUT2D eigenvalue weighted by Crippen LogP contribution is -2.32. The van der Waals surface area contributed by atoms with E-state index in [9.17, 15) is 4.79 Å². The number of nitrogens with one attached hydrogen (secondary N) is 1. The molecule has 0 radical (unpaired) electrons. The maximum Gasteiger partial charge on any atom is 0.272 e. The first-order valence-corrected chi connectivity index (χ1v) is 11.6. The van der Waals surface area contributed by atoms with Gasteiger partial charge in [-0.25, -0.2) is 4.98 Å². The summed E-state index contributed by atoms with van der Waals surface area (Å²) in [6.45, 7) is 3.41. The first kappa shape index (κ1) is 20.5. The summed E-state index contributed by atoms with van der Waals surface area (Å²) in [5.41, 5.74) is 4.87. The molecule has 0 bridgehead atoms. The topological polar surface area (TPSA) is 75.9 Å². The molecule has 0 fully saturated rings. The summed E-state index contributed by atoms with van der Waals surface area (Å²) in [4.78, 5) is 24.1. The number of amides is 1. The molecule has 0 saturated carbocycles. The maximum atomic E-state index is 13.1. The Hall–Kier alpha value is -3.36. The predicted molar refractivity (Wildman–Crippen MR) is 123 cm³/mol. The summed E-state index contributed by atoms with van der Waals surface area (Å²) in [6, 6.07) is 16.2. The van der Waals surface area contributed by atoms with Gasteiger partial charge in [-0.15, -0.1) is 11.3 Å². The van der Waals surface area contributed by atoms with E-state index < -0.39 is 0 Å². The number of fused-ring (bicyclic) bond motifs is 1. The highest BCUT2D eigenvalue weighted by Gasteiger charge is 2.28. The molecule has 162 valence electrons. The Labute approximate surface area is 190 Å². The molecule has 1 aliphatic rings. The molecule has 32 heavy (non-hydrogen) atoms. The van der Waals surface area contributed by atoms with Gasteiger partial charge in [0.15, 0.2) is 5.69 Å². The fourth-order valence-electron chi connectivity index (χ4n) is 4.05. The minimum atomic E-state index is -0.150. The van der Waals surface area contributed by atoms with E-state index in [4.69, 9.17) is 5.10 Å². The molecule has 0 spiro atoms. The third-order valence-corrected chi connectivity index (χ3v) is 6.38. The van der Waals surface area contributed by atoms with Gasteiger partial charge >= 0.3 is 0 Å². The van der Waals surface area contributed by atoms with Gasteiger partial charge in [-0.2, -0.15) is 5.10 Å². The van der Waals surface area contributed by atoms with E-state index in [0.717, 1.165) is 41.5 Å². The SMILES string of the molecule is O=C(NCc1nccs1)c1nn(Cc2ccccc2)c2c1CN(Cc1ccccn1)CC2. The van der Waals surface area contributed by atoms with Gasteiger partial charge in [-0.1, -0.05) is 36.4 Å². The van der Waals surface area contributed by atoms with E-state index in [2.05, 4.69) is 32.3 Å². The number of nitrogens with zero attached hydrogens (tertiary/aromatic N) is 5. The zero-order valence-corrected chi connectivity index (χ0v) is 18.5. The van der Waals surface area contributed by atoms with Crippen molar-refractivity contribution in [2.75, 3.05) is 6.54 Å². The van der Waals surface area contributed by atoms with E-state index in [1.807, 2.05) is 52.7 Å². The van der Waals surface area contributed by atoms with Crippen LogP contribution in [0.3, 0.4) is 0 Å². The van der Waals surface area contributed by atoms with Gasteiger partial charge in [0.25, 0.3) is 5.91 Å². The fraction of sp³-hybridized carbons (Fsp3) is 0.250. The van der Waals surface area contributed by atoms with Gasteiger partial charge in [-0.3, -0.25) is 19.4 Å². The minimum Gasteiger partial charge on any atom is -0.344 e. The number of hydrogen-bond acceptors (Lipinski definition) is 6. The number of hydrogen-bond donors (Lipinski definition) is 1. The third kappa shape index (κ3) is 4.61. The summed E-state index contributed by atoms with van der Waals surface area (Å²) in [5.74, 6) is -0.150. The van der Waals surface area contributed by atoms with Crippen LogP contribution in [0.5, 0.6) is 0 Å². The van der Waals surface area contributed by atoms with Crippen LogP contribution >= 0.6 is 11.3 Å². The predicted octanol–water partition coefficient (Wildman–Crippen LogP) is 3.27. The molecule has 1 aromatic carbocycles. The molecule has 0 aliphatic carbocycles. The van der Waals surface area contributed by atoms with Crippen molar-refractivity contribution >= 4 is 17.2 Å². The van der Waals surface area contributed by atoms with Crippen LogP contribution in [0.25, 0.3) is 0 Å². The number of benzene rings is 1. The van der Waals surface area contributed by atoms with Crippen LogP contribution in [-0.4, -0.2) is 37.1 Å². The lowest BCUT2D eigenvalue weighted by Gasteiger charge is -2.27. The van der Waals surface area contributed by atoms with Gasteiger partial charge in [0.2, 0.25) is 0 Å². The number of rotatable bonds is 7. The lowest BCUT2D eigenvalue weighted by atomic mass is 10.0. The fourth-order valence-corrected chi connectivity index (χ4v) is 4.61. The van der Waals surface area contributed by atoms with Gasteiger partial charge in [-0.05, 0) is 17.7 Å². The van der Waals surface area contributed by atoms with Gasteiger partial charge < -0.3 is 5.32 Å². The van der Waals surface area contributed by atoms with Crippen LogP contribution in [0.4, 0.5) is 0 Å². The van der Waals surface area contributed by atoms with E-state index in [1.165, 1.54) is 16.9 Å². The van der Waals surface area contributed by atoms with Crippen LogP contribution < -0.4 is 5.32 Å². The minimum absolute atomic E-state index is 0.150. The van der Waals surface area contributed by atoms with E-state index >= 15 is 0 Å². The second-order valence-electron chi connectivity index (χ2n) is 7.81. The summed E-state index contributed by atoms with van der Waals surface area (Å²) in [5, 5.41) is 10.6. The third-order valence-electron chi connectivity index (χ3n) is 5.60. The van der Waals surface area contributed by atoms with Crippen molar-refractivity contribution in [2.24, 2.45) is 0 Å². The van der Waals surface area contributed by atoms with E-state index in [0.29, 0.717) is 25.3 Å². The van der Waals surface area contributed by atoms with E-state index in [-0.39, 0.29) is 5.91 Å². The summed E-state index contributed by atoms with van der Waals surface area (Å²) >= 11 is 1.53. The second-order valence-corrected chi connectivity index (χ2v) is 8.79. The molecule has 8 heteroatoms. The Bertz CT molecular complexity index is 1170. The van der Waals surface area contributed by atoms with Gasteiger partial charge in [0.05, 0.1) is 18.8 Å². The monoisotopic (exact) mass is 444 g/mol. The average molecular weight is 445 g/mol. The molecular weight excluding hydrogens is 420 g/mol. The first-order valence-electron chi connectivity index (χ1n) is 10.7. The highest BCUT2D eigenvalue weighted by Crippen LogP contribution is 2.25. The smallest absolute Gasteiger partial charge is 0.272 e. The van der Waals surface area contributed by atoms with E-state index in [1.54, 1.807) is 6.20 Å². The number of aromatic nitrogens is 4. The summed E-state index contributed by atoms with van der Waals surface area (Å²) < 4.78 is 2.00. The van der Waals surface area contributed by atoms with Gasteiger partial charge in [0, 0.05) is 55.1 Å². The standard InChI is InChI=1S/C24H24N6OS/c31-24(27-14-22-26-11-13-32-22)23-20-17-29(16-19-8-4-5-10-25-19)12-9-21(20)30(28-23)15-18-6-2-1-3-7-18/h1-8,10-11,13H,9,12,14-17H2,(H,27,31). The quantitative estimate of drug-likeness (QED) is 0.474. The largest absolute Gasteiger partial charge is 0.344 e. The number of carbonyl (C=O) groups is 1. The molecule has 0 saturated heterocycles. The zero-order chi connectivity index (χ0) is 21.8. The maximum absolute atomic E-state index is 13.1. The van der Waals surface area contributed by atoms with Crippen molar-refractivity contribution in [3.8, 4) is 0 Å². The highest BCUT2D eigenvalue weighted by molar-refractivity contribution is 7.09. The Balaban J connectivity index is 1.40. The van der Waals surface area contributed by atoms with Gasteiger partial charge in [0.1, 0.15) is 5.01 Å². The molecule has 4 heterocycles. The Kier molecular flexibility index (Phi) is 6.04. The summed E-state index contributed by atoms with van der Waals surface area (Å²) in [6.07, 6.45) is 4.42. The molecule has 1 aliphatic heterocycles. The molecule has 4 aromatic rings. The molecule has 3 aromatic heterocycles. The average Bonchev–Trinajstić information content (AvgIpc) is 3.47. The van der Waals surface area contributed by atoms with Crippen LogP contribution in [-0.2, 0) is 32.6 Å². The van der Waals surface area contributed by atoms with Crippen molar-refractivity contribution in [1.82, 2.24) is 30.0 Å². The first-order chi connectivity index (χ1) is 15.8. The molecule has 1 amide bonds. The Morgan fingerprint density at radius 1 is 1.03 bits per heavy atom. The van der Waals surface area contributed by atoms with Crippen LogP contribution in [0, 0.1) is 0 Å². The molecule has 5 rings (SSSR count). The van der Waals surface area contributed by atoms with Crippen LogP contribution in [0.1, 0.15) is 38.0 Å². The molecule has 0 atom stereocenters. The van der Waals surface area contributed by atoms with Crippen molar-refractivity contribution in [3.63, 3.8) is 0 Å². The molecule has 7 nitrogen and oxygen atoms in total. The van der Waals surface area contributed by atoms with Crippen LogP contribution in [0.15, 0.2) is 66.3 Å². The second kappa shape index (κ2) is 9.42. The van der Waals surface area contributed by atoms with Crippen molar-refractivity contribution < 1.29 is 4.79 Å². The highest BCUT2D eigenvalue weighted by atomic mass is 32.1. The van der Waals surface area contributed by atoms with Crippen molar-refractivity contribution in [2.45, 2.75) is 32.6 Å². The Morgan fingerprint density at radius 2 is 1.91 bits per heavy atom. The molecule has 0 unspecified atom stereocenters. The Morgan fingerprint density at radius 3 is 2.69 bits per heavy atom. The van der Waals surface area contributed by atoms with Crippen molar-refractivity contribution in [1.29, 1.82) is 0 Å². The molecular formula is C24H24N6OS. The zero-order valence-electron chi connectivity index (χ0n) is 17.6. The number of thiazole rings is 1.